The predicted molar refractivity (Wildman–Crippen MR) is 96.1 cm³/mol. The molecule has 136 valence electrons. The molecule has 2 aromatic rings. The molecule has 0 spiro atoms. The first-order valence-electron chi connectivity index (χ1n) is 8.19. The Bertz CT molecular complexity index is 837. The van der Waals surface area contributed by atoms with Gasteiger partial charge in [-0.25, -0.2) is 8.42 Å². The van der Waals surface area contributed by atoms with Crippen molar-refractivity contribution in [2.45, 2.75) is 43.0 Å². The van der Waals surface area contributed by atoms with Crippen LogP contribution in [0.1, 0.15) is 18.4 Å². The third kappa shape index (κ3) is 4.82. The number of sulfone groups is 1. The summed E-state index contributed by atoms with van der Waals surface area (Å²) in [7, 11) is -3.21. The molecule has 1 aliphatic rings. The second-order valence-corrected chi connectivity index (χ2v) is 9.14. The molecule has 1 aliphatic carbocycles. The summed E-state index contributed by atoms with van der Waals surface area (Å²) in [5.41, 5.74) is 0.887. The van der Waals surface area contributed by atoms with Crippen molar-refractivity contribution in [1.82, 2.24) is 15.1 Å². The fourth-order valence-electron chi connectivity index (χ4n) is 3.32. The van der Waals surface area contributed by atoms with E-state index in [2.05, 4.69) is 10.4 Å². The van der Waals surface area contributed by atoms with Crippen LogP contribution in [0.5, 0.6) is 0 Å². The minimum atomic E-state index is -3.21. The number of nitrogens with zero attached hydrogens (tertiary/aromatic N) is 2. The van der Waals surface area contributed by atoms with E-state index in [0.29, 0.717) is 28.8 Å². The van der Waals surface area contributed by atoms with Gasteiger partial charge in [0.05, 0.1) is 22.2 Å². The van der Waals surface area contributed by atoms with Crippen LogP contribution in [-0.4, -0.2) is 41.7 Å². The Morgan fingerprint density at radius 1 is 1.40 bits per heavy atom. The highest BCUT2D eigenvalue weighted by Crippen LogP contribution is 2.28. The fourth-order valence-corrected chi connectivity index (χ4v) is 4.17. The number of aromatic nitrogens is 2. The molecule has 3 atom stereocenters. The molecule has 3 rings (SSSR count). The van der Waals surface area contributed by atoms with E-state index >= 15 is 0 Å². The van der Waals surface area contributed by atoms with Crippen LogP contribution in [0.25, 0.3) is 0 Å². The van der Waals surface area contributed by atoms with Gasteiger partial charge in [0.25, 0.3) is 0 Å². The van der Waals surface area contributed by atoms with Crippen LogP contribution in [0.2, 0.25) is 5.02 Å². The molecule has 1 aromatic heterocycles. The minimum absolute atomic E-state index is 0.0158. The second-order valence-electron chi connectivity index (χ2n) is 6.69. The quantitative estimate of drug-likeness (QED) is 0.795. The number of aliphatic hydroxyl groups is 1. The van der Waals surface area contributed by atoms with Crippen molar-refractivity contribution in [2.75, 3.05) is 6.26 Å². The summed E-state index contributed by atoms with van der Waals surface area (Å²) < 4.78 is 25.1. The number of hydrogen-bond acceptors (Lipinski definition) is 5. The number of halogens is 1. The molecule has 1 saturated carbocycles. The van der Waals surface area contributed by atoms with Crippen LogP contribution in [0.4, 0.5) is 0 Å². The smallest absolute Gasteiger partial charge is 0.175 e. The number of benzene rings is 1. The topological polar surface area (TPSA) is 84.2 Å². The largest absolute Gasteiger partial charge is 0.391 e. The number of nitrogens with one attached hydrogen (secondary N) is 1. The summed E-state index contributed by atoms with van der Waals surface area (Å²) in [6.07, 6.45) is 5.71. The van der Waals surface area contributed by atoms with E-state index < -0.39 is 15.9 Å². The Balaban J connectivity index is 1.56. The lowest BCUT2D eigenvalue weighted by atomic mass is 10.1. The van der Waals surface area contributed by atoms with Crippen LogP contribution in [0.15, 0.2) is 41.6 Å². The van der Waals surface area contributed by atoms with Crippen molar-refractivity contribution >= 4 is 21.4 Å². The zero-order chi connectivity index (χ0) is 18.0. The van der Waals surface area contributed by atoms with E-state index in [1.54, 1.807) is 35.3 Å². The van der Waals surface area contributed by atoms with Gasteiger partial charge in [-0.2, -0.15) is 5.10 Å². The molecule has 0 saturated heterocycles. The van der Waals surface area contributed by atoms with E-state index in [0.717, 1.165) is 18.5 Å². The molecule has 1 fully saturated rings. The van der Waals surface area contributed by atoms with Gasteiger partial charge in [-0.1, -0.05) is 23.7 Å². The molecule has 8 heteroatoms. The van der Waals surface area contributed by atoms with Crippen molar-refractivity contribution in [3.8, 4) is 0 Å². The number of aliphatic hydroxyl groups excluding tert-OH is 1. The molecule has 0 radical (unpaired) electrons. The third-order valence-corrected chi connectivity index (χ3v) is 5.87. The van der Waals surface area contributed by atoms with Gasteiger partial charge in [-0.15, -0.1) is 0 Å². The minimum Gasteiger partial charge on any atom is -0.391 e. The first kappa shape index (κ1) is 18.4. The van der Waals surface area contributed by atoms with Gasteiger partial charge in [0.2, 0.25) is 0 Å². The lowest BCUT2D eigenvalue weighted by Gasteiger charge is -2.16. The molecule has 25 heavy (non-hydrogen) atoms. The fraction of sp³-hybridized carbons (Fsp3) is 0.471. The maximum atomic E-state index is 11.6. The van der Waals surface area contributed by atoms with E-state index in [4.69, 9.17) is 11.6 Å². The van der Waals surface area contributed by atoms with Gasteiger partial charge in [0.1, 0.15) is 0 Å². The first-order chi connectivity index (χ1) is 11.8. The lowest BCUT2D eigenvalue weighted by Crippen LogP contribution is -2.35. The summed E-state index contributed by atoms with van der Waals surface area (Å²) in [6, 6.07) is 6.87. The van der Waals surface area contributed by atoms with Crippen LogP contribution in [-0.2, 0) is 22.9 Å². The molecular formula is C17H22ClN3O3S. The van der Waals surface area contributed by atoms with Gasteiger partial charge < -0.3 is 10.4 Å². The van der Waals surface area contributed by atoms with Crippen molar-refractivity contribution in [2.24, 2.45) is 5.92 Å². The van der Waals surface area contributed by atoms with Crippen molar-refractivity contribution in [3.05, 3.63) is 47.2 Å². The summed E-state index contributed by atoms with van der Waals surface area (Å²) in [4.78, 5) is 0.312. The average molecular weight is 384 g/mol. The first-order valence-corrected chi connectivity index (χ1v) is 10.5. The Morgan fingerprint density at radius 3 is 2.88 bits per heavy atom. The van der Waals surface area contributed by atoms with Gasteiger partial charge in [0.15, 0.2) is 9.84 Å². The van der Waals surface area contributed by atoms with E-state index in [9.17, 15) is 13.5 Å². The standard InChI is InChI=1S/C17H22ClN3O3S/c1-25(23,24)15-4-2-3-12(5-15)8-19-16-6-13(7-17(16)22)10-21-11-14(18)9-20-21/h2-5,9,11,13,16-17,19,22H,6-8,10H2,1H3/t13?,16-,17-/m1/s1. The molecule has 0 aliphatic heterocycles. The Hall–Kier alpha value is -1.41. The van der Waals surface area contributed by atoms with Crippen LogP contribution < -0.4 is 5.32 Å². The summed E-state index contributed by atoms with van der Waals surface area (Å²) in [5, 5.41) is 18.4. The zero-order valence-corrected chi connectivity index (χ0v) is 15.5. The van der Waals surface area contributed by atoms with Crippen LogP contribution in [0, 0.1) is 5.92 Å². The maximum absolute atomic E-state index is 11.6. The van der Waals surface area contributed by atoms with E-state index in [1.165, 1.54) is 6.26 Å². The second kappa shape index (κ2) is 7.45. The van der Waals surface area contributed by atoms with E-state index in [-0.39, 0.29) is 6.04 Å². The number of rotatable bonds is 6. The van der Waals surface area contributed by atoms with Gasteiger partial charge >= 0.3 is 0 Å². The average Bonchev–Trinajstić information content (AvgIpc) is 3.10. The Morgan fingerprint density at radius 2 is 2.20 bits per heavy atom. The van der Waals surface area contributed by atoms with E-state index in [1.807, 2.05) is 6.07 Å². The molecule has 0 amide bonds. The molecule has 1 unspecified atom stereocenters. The highest BCUT2D eigenvalue weighted by atomic mass is 35.5. The highest BCUT2D eigenvalue weighted by molar-refractivity contribution is 7.90. The SMILES string of the molecule is CS(=O)(=O)c1cccc(CN[C@@H]2CC(Cn3cc(Cl)cn3)C[C@H]2O)c1. The lowest BCUT2D eigenvalue weighted by molar-refractivity contribution is 0.145. The number of hydrogen-bond donors (Lipinski definition) is 2. The van der Waals surface area contributed by atoms with Crippen LogP contribution in [0.3, 0.4) is 0 Å². The van der Waals surface area contributed by atoms with Gasteiger partial charge in [-0.3, -0.25) is 4.68 Å². The van der Waals surface area contributed by atoms with Crippen molar-refractivity contribution in [1.29, 1.82) is 0 Å². The summed E-state index contributed by atoms with van der Waals surface area (Å²) >= 11 is 5.88. The normalized spacial score (nSPS) is 23.9. The third-order valence-electron chi connectivity index (χ3n) is 4.57. The molecule has 0 bridgehead atoms. The maximum Gasteiger partial charge on any atom is 0.175 e. The molecule has 1 aromatic carbocycles. The van der Waals surface area contributed by atoms with Gasteiger partial charge in [-0.05, 0) is 36.5 Å². The summed E-state index contributed by atoms with van der Waals surface area (Å²) in [6.45, 7) is 1.25. The predicted octanol–water partition coefficient (Wildman–Crippen LogP) is 1.87. The Labute approximate surface area is 152 Å². The molecule has 2 N–H and O–H groups in total. The Kier molecular flexibility index (Phi) is 5.48. The molecular weight excluding hydrogens is 362 g/mol. The monoisotopic (exact) mass is 383 g/mol. The summed E-state index contributed by atoms with van der Waals surface area (Å²) in [5.74, 6) is 0.325. The van der Waals surface area contributed by atoms with Crippen molar-refractivity contribution in [3.63, 3.8) is 0 Å². The van der Waals surface area contributed by atoms with Gasteiger partial charge in [0, 0.05) is 31.6 Å². The highest BCUT2D eigenvalue weighted by Gasteiger charge is 2.32. The van der Waals surface area contributed by atoms with Crippen molar-refractivity contribution < 1.29 is 13.5 Å². The molecule has 6 nitrogen and oxygen atoms in total. The zero-order valence-electron chi connectivity index (χ0n) is 14.0. The molecule has 1 heterocycles. The van der Waals surface area contributed by atoms with Crippen LogP contribution >= 0.6 is 11.6 Å².